The van der Waals surface area contributed by atoms with Gasteiger partial charge in [-0.3, -0.25) is 19.1 Å². The number of aromatic hydroxyl groups is 1. The van der Waals surface area contributed by atoms with Crippen LogP contribution in [-0.2, 0) is 6.42 Å². The van der Waals surface area contributed by atoms with Crippen molar-refractivity contribution in [3.05, 3.63) is 86.7 Å². The summed E-state index contributed by atoms with van der Waals surface area (Å²) in [6.45, 7) is 4.05. The molecule has 2 atom stereocenters. The molecule has 2 aromatic heterocycles. The minimum Gasteiger partial charge on any atom is -0.494 e. The highest BCUT2D eigenvalue weighted by molar-refractivity contribution is 5.96. The summed E-state index contributed by atoms with van der Waals surface area (Å²) in [6.07, 6.45) is 3.26. The molecule has 1 aliphatic rings. The van der Waals surface area contributed by atoms with Crippen LogP contribution in [0.5, 0.6) is 5.88 Å². The number of nitriles is 1. The first-order valence-corrected chi connectivity index (χ1v) is 12.2. The Morgan fingerprint density at radius 3 is 2.81 bits per heavy atom. The van der Waals surface area contributed by atoms with Gasteiger partial charge in [0, 0.05) is 31.5 Å². The molecule has 0 bridgehead atoms. The highest BCUT2D eigenvalue weighted by atomic mass is 19.1. The normalized spacial score (nSPS) is 16.0. The molecule has 10 heteroatoms. The Kier molecular flexibility index (Phi) is 7.62. The zero-order valence-corrected chi connectivity index (χ0v) is 20.6. The number of pyridine rings is 1. The topological polar surface area (TPSA) is 112 Å². The molecular weight excluding hydrogens is 480 g/mol. The summed E-state index contributed by atoms with van der Waals surface area (Å²) in [4.78, 5) is 35.8. The Hall–Kier alpha value is -4.13. The molecule has 4 rings (SSSR count). The van der Waals surface area contributed by atoms with Crippen molar-refractivity contribution < 1.29 is 18.7 Å². The van der Waals surface area contributed by atoms with Crippen LogP contribution in [0.25, 0.3) is 0 Å². The van der Waals surface area contributed by atoms with E-state index in [4.69, 9.17) is 0 Å². The van der Waals surface area contributed by atoms with E-state index in [2.05, 4.69) is 16.0 Å². The molecule has 192 valence electrons. The number of rotatable bonds is 7. The SMILES string of the molecule is CCCCc1nc(=O)c(C(=O)N2CCC(c3ncc(F)cc3F)C2)c(O)n1[C@@H](C)c1cccc(C#N)c1. The quantitative estimate of drug-likeness (QED) is 0.516. The van der Waals surface area contributed by atoms with Gasteiger partial charge < -0.3 is 10.0 Å². The van der Waals surface area contributed by atoms with Crippen LogP contribution in [0.1, 0.15) is 78.1 Å². The van der Waals surface area contributed by atoms with Crippen molar-refractivity contribution in [2.75, 3.05) is 13.1 Å². The maximum Gasteiger partial charge on any atom is 0.289 e. The van der Waals surface area contributed by atoms with E-state index in [1.807, 2.05) is 6.92 Å². The third-order valence-corrected chi connectivity index (χ3v) is 6.73. The van der Waals surface area contributed by atoms with Crippen LogP contribution in [-0.4, -0.2) is 43.5 Å². The molecule has 1 amide bonds. The van der Waals surface area contributed by atoms with Gasteiger partial charge >= 0.3 is 0 Å². The molecule has 37 heavy (non-hydrogen) atoms. The standard InChI is InChI=1S/C27H27F2N5O3/c1-3-4-8-22-32-25(35)23(27(37)34(22)16(2)18-7-5-6-17(11-18)13-30)26(36)33-10-9-19(15-33)24-21(29)12-20(28)14-31-24/h5-7,11-12,14,16,19,37H,3-4,8-10,15H2,1-2H3/t16-,19?/m0/s1. The Morgan fingerprint density at radius 2 is 2.11 bits per heavy atom. The first-order valence-electron chi connectivity index (χ1n) is 12.2. The second-order valence-electron chi connectivity index (χ2n) is 9.18. The summed E-state index contributed by atoms with van der Waals surface area (Å²) >= 11 is 0. The number of carbonyl (C=O) groups excluding carboxylic acids is 1. The first kappa shape index (κ1) is 25.9. The van der Waals surface area contributed by atoms with Crippen LogP contribution >= 0.6 is 0 Å². The highest BCUT2D eigenvalue weighted by Crippen LogP contribution is 2.31. The molecule has 1 saturated heterocycles. The van der Waals surface area contributed by atoms with Gasteiger partial charge in [-0.1, -0.05) is 25.5 Å². The van der Waals surface area contributed by atoms with Crippen molar-refractivity contribution in [3.63, 3.8) is 0 Å². The maximum atomic E-state index is 14.3. The second-order valence-corrected chi connectivity index (χ2v) is 9.18. The van der Waals surface area contributed by atoms with Crippen LogP contribution in [0.2, 0.25) is 0 Å². The van der Waals surface area contributed by atoms with E-state index in [0.717, 1.165) is 18.7 Å². The van der Waals surface area contributed by atoms with Crippen molar-refractivity contribution in [2.24, 2.45) is 0 Å². The van der Waals surface area contributed by atoms with Crippen molar-refractivity contribution in [1.82, 2.24) is 19.4 Å². The van der Waals surface area contributed by atoms with Gasteiger partial charge in [0.2, 0.25) is 5.88 Å². The molecule has 1 aromatic carbocycles. The fraction of sp³-hybridized carbons (Fsp3) is 0.370. The number of unbranched alkanes of at least 4 members (excludes halogenated alkanes) is 1. The Morgan fingerprint density at radius 1 is 1.32 bits per heavy atom. The summed E-state index contributed by atoms with van der Waals surface area (Å²) in [5, 5.41) is 20.6. The Bertz CT molecular complexity index is 1430. The van der Waals surface area contributed by atoms with E-state index >= 15 is 0 Å². The van der Waals surface area contributed by atoms with Crippen molar-refractivity contribution >= 4 is 5.91 Å². The van der Waals surface area contributed by atoms with E-state index in [9.17, 15) is 28.7 Å². The second kappa shape index (κ2) is 10.9. The molecule has 3 heterocycles. The fourth-order valence-corrected chi connectivity index (χ4v) is 4.74. The van der Waals surface area contributed by atoms with E-state index < -0.39 is 46.5 Å². The summed E-state index contributed by atoms with van der Waals surface area (Å²) in [5.74, 6) is -2.93. The zero-order chi connectivity index (χ0) is 26.7. The molecule has 3 aromatic rings. The van der Waals surface area contributed by atoms with Gasteiger partial charge in [0.25, 0.3) is 11.5 Å². The lowest BCUT2D eigenvalue weighted by Crippen LogP contribution is -2.35. The predicted molar refractivity (Wildman–Crippen MR) is 131 cm³/mol. The molecule has 1 fully saturated rings. The number of halogens is 2. The summed E-state index contributed by atoms with van der Waals surface area (Å²) in [5.41, 5.74) is -0.101. The number of hydrogen-bond donors (Lipinski definition) is 1. The molecule has 1 aliphatic heterocycles. The maximum absolute atomic E-state index is 14.3. The van der Waals surface area contributed by atoms with E-state index in [1.54, 1.807) is 31.2 Å². The molecule has 1 N–H and O–H groups in total. The van der Waals surface area contributed by atoms with Gasteiger partial charge in [0.1, 0.15) is 17.5 Å². The lowest BCUT2D eigenvalue weighted by molar-refractivity contribution is 0.0783. The average molecular weight is 508 g/mol. The number of amides is 1. The molecule has 0 radical (unpaired) electrons. The number of aryl methyl sites for hydroxylation is 1. The number of carbonyl (C=O) groups is 1. The lowest BCUT2D eigenvalue weighted by Gasteiger charge is -2.24. The fourth-order valence-electron chi connectivity index (χ4n) is 4.74. The largest absolute Gasteiger partial charge is 0.494 e. The molecule has 0 spiro atoms. The monoisotopic (exact) mass is 507 g/mol. The molecule has 0 aliphatic carbocycles. The third-order valence-electron chi connectivity index (χ3n) is 6.73. The molecule has 8 nitrogen and oxygen atoms in total. The number of nitrogens with zero attached hydrogens (tertiary/aromatic N) is 5. The van der Waals surface area contributed by atoms with Crippen LogP contribution in [0.15, 0.2) is 41.3 Å². The lowest BCUT2D eigenvalue weighted by atomic mass is 10.0. The number of hydrogen-bond acceptors (Lipinski definition) is 6. The third kappa shape index (κ3) is 5.21. The molecule has 0 saturated carbocycles. The number of likely N-dealkylation sites (tertiary alicyclic amines) is 1. The van der Waals surface area contributed by atoms with Gasteiger partial charge in [-0.25, -0.2) is 8.78 Å². The predicted octanol–water partition coefficient (Wildman–Crippen LogP) is 4.08. The summed E-state index contributed by atoms with van der Waals surface area (Å²) in [6, 6.07) is 9.18. The van der Waals surface area contributed by atoms with E-state index in [1.165, 1.54) is 9.47 Å². The van der Waals surface area contributed by atoms with Crippen LogP contribution in [0.3, 0.4) is 0 Å². The summed E-state index contributed by atoms with van der Waals surface area (Å²) < 4.78 is 29.0. The molecular formula is C27H27F2N5O3. The minimum atomic E-state index is -0.836. The van der Waals surface area contributed by atoms with Gasteiger partial charge in [0.05, 0.1) is 29.6 Å². The van der Waals surface area contributed by atoms with Crippen LogP contribution in [0, 0.1) is 23.0 Å². The average Bonchev–Trinajstić information content (AvgIpc) is 3.37. The summed E-state index contributed by atoms with van der Waals surface area (Å²) in [7, 11) is 0. The van der Waals surface area contributed by atoms with Gasteiger partial charge in [-0.05, 0) is 37.5 Å². The molecule has 1 unspecified atom stereocenters. The number of benzene rings is 1. The van der Waals surface area contributed by atoms with Crippen molar-refractivity contribution in [1.29, 1.82) is 5.26 Å². The smallest absolute Gasteiger partial charge is 0.289 e. The van der Waals surface area contributed by atoms with Gasteiger partial charge in [-0.2, -0.15) is 10.2 Å². The van der Waals surface area contributed by atoms with Gasteiger partial charge in [0.15, 0.2) is 5.56 Å². The first-order chi connectivity index (χ1) is 17.7. The van der Waals surface area contributed by atoms with Crippen molar-refractivity contribution in [2.45, 2.75) is 51.5 Å². The zero-order valence-electron chi connectivity index (χ0n) is 20.6. The Labute approximate surface area is 212 Å². The van der Waals surface area contributed by atoms with Crippen LogP contribution in [0.4, 0.5) is 8.78 Å². The van der Waals surface area contributed by atoms with Crippen LogP contribution < -0.4 is 5.56 Å². The number of aromatic nitrogens is 3. The van der Waals surface area contributed by atoms with Gasteiger partial charge in [-0.15, -0.1) is 0 Å². The Balaban J connectivity index is 1.71. The minimum absolute atomic E-state index is 0.0531. The van der Waals surface area contributed by atoms with E-state index in [0.29, 0.717) is 36.2 Å². The van der Waals surface area contributed by atoms with E-state index in [-0.39, 0.29) is 18.8 Å². The van der Waals surface area contributed by atoms with Crippen molar-refractivity contribution in [3.8, 4) is 11.9 Å². The highest BCUT2D eigenvalue weighted by Gasteiger charge is 2.34.